The van der Waals surface area contributed by atoms with Gasteiger partial charge >= 0.3 is 6.18 Å². The van der Waals surface area contributed by atoms with Crippen molar-refractivity contribution in [1.29, 1.82) is 0 Å². The van der Waals surface area contributed by atoms with E-state index < -0.39 is 24.1 Å². The molecular formula is C20H17F3N4O3S. The van der Waals surface area contributed by atoms with E-state index in [1.165, 1.54) is 17.4 Å². The highest BCUT2D eigenvalue weighted by Gasteiger charge is 2.33. The molecule has 1 amide bonds. The molecule has 0 saturated carbocycles. The van der Waals surface area contributed by atoms with Crippen LogP contribution in [0, 0.1) is 6.92 Å². The molecule has 162 valence electrons. The van der Waals surface area contributed by atoms with Crippen molar-refractivity contribution in [3.63, 3.8) is 0 Å². The van der Waals surface area contributed by atoms with Gasteiger partial charge in [0.15, 0.2) is 5.69 Å². The number of hydrogen-bond donors (Lipinski definition) is 1. The summed E-state index contributed by atoms with van der Waals surface area (Å²) in [5.74, 6) is -0.122. The molecule has 1 unspecified atom stereocenters. The number of amides is 1. The van der Waals surface area contributed by atoms with Crippen LogP contribution in [-0.2, 0) is 17.5 Å². The number of aryl methyl sites for hydroxylation is 1. The summed E-state index contributed by atoms with van der Waals surface area (Å²) >= 11 is 1.47. The lowest BCUT2D eigenvalue weighted by molar-refractivity contribution is -0.165. The highest BCUT2D eigenvalue weighted by atomic mass is 32.1. The number of nitrogens with one attached hydrogen (secondary N) is 1. The molecule has 0 aliphatic carbocycles. The fraction of sp³-hybridized carbons (Fsp3) is 0.300. The second-order valence-corrected chi connectivity index (χ2v) is 7.99. The van der Waals surface area contributed by atoms with Gasteiger partial charge in [0.25, 0.3) is 5.91 Å². The van der Waals surface area contributed by atoms with Crippen molar-refractivity contribution in [3.05, 3.63) is 58.4 Å². The molecule has 1 atom stereocenters. The van der Waals surface area contributed by atoms with Gasteiger partial charge in [0, 0.05) is 17.5 Å². The third-order valence-electron chi connectivity index (χ3n) is 4.46. The van der Waals surface area contributed by atoms with Crippen molar-refractivity contribution >= 4 is 17.2 Å². The largest absolute Gasteiger partial charge is 0.463 e. The van der Waals surface area contributed by atoms with Crippen molar-refractivity contribution in [3.8, 4) is 16.3 Å². The molecule has 3 heterocycles. The Kier molecular flexibility index (Phi) is 5.88. The van der Waals surface area contributed by atoms with E-state index in [0.29, 0.717) is 29.3 Å². The van der Waals surface area contributed by atoms with E-state index in [0.717, 1.165) is 10.9 Å². The number of hydrogen-bond acceptors (Lipinski definition) is 7. The van der Waals surface area contributed by atoms with E-state index in [4.69, 9.17) is 9.47 Å². The van der Waals surface area contributed by atoms with Crippen molar-refractivity contribution < 1.29 is 27.4 Å². The van der Waals surface area contributed by atoms with E-state index >= 15 is 0 Å². The normalized spacial score (nSPS) is 15.9. The number of ether oxygens (including phenoxy) is 2. The van der Waals surface area contributed by atoms with Gasteiger partial charge in [0.2, 0.25) is 6.29 Å². The van der Waals surface area contributed by atoms with Crippen LogP contribution in [0.25, 0.3) is 10.6 Å². The average molecular weight is 450 g/mol. The van der Waals surface area contributed by atoms with Gasteiger partial charge in [-0.25, -0.2) is 4.98 Å². The average Bonchev–Trinajstić information content (AvgIpc) is 3.14. The lowest BCUT2D eigenvalue weighted by atomic mass is 10.1. The third kappa shape index (κ3) is 4.83. The first kappa shape index (κ1) is 21.2. The smallest absolute Gasteiger partial charge is 0.435 e. The van der Waals surface area contributed by atoms with Gasteiger partial charge in [-0.05, 0) is 31.2 Å². The molecule has 3 aromatic rings. The van der Waals surface area contributed by atoms with E-state index in [1.807, 2.05) is 13.0 Å². The predicted molar refractivity (Wildman–Crippen MR) is 105 cm³/mol. The molecule has 0 radical (unpaired) electrons. The minimum Gasteiger partial charge on any atom is -0.463 e. The number of rotatable bonds is 6. The molecule has 0 bridgehead atoms. The van der Waals surface area contributed by atoms with Gasteiger partial charge in [-0.2, -0.15) is 18.3 Å². The van der Waals surface area contributed by atoms with Gasteiger partial charge < -0.3 is 14.8 Å². The van der Waals surface area contributed by atoms with Crippen molar-refractivity contribution in [1.82, 2.24) is 20.5 Å². The summed E-state index contributed by atoms with van der Waals surface area (Å²) in [6.07, 6.45) is -2.58. The standard InChI is InChI=1S/C20H17F3N4O3S/c1-11-9-25-19(31-11)14-4-2-3-13(17(14)30-16-7-8-29-16)18(28)24-10-12-5-6-15(27-26-12)20(21,22)23/h2-6,9,16H,7-8,10H2,1H3,(H,24,28). The number of benzene rings is 1. The van der Waals surface area contributed by atoms with E-state index in [1.54, 1.807) is 18.3 Å². The summed E-state index contributed by atoms with van der Waals surface area (Å²) in [5, 5.41) is 10.0. The Hall–Kier alpha value is -3.05. The predicted octanol–water partition coefficient (Wildman–Crippen LogP) is 3.98. The molecule has 1 aliphatic rings. The van der Waals surface area contributed by atoms with Crippen LogP contribution in [0.15, 0.2) is 36.5 Å². The third-order valence-corrected chi connectivity index (χ3v) is 5.40. The number of aromatic nitrogens is 3. The van der Waals surface area contributed by atoms with Crippen molar-refractivity contribution in [2.75, 3.05) is 6.61 Å². The lowest BCUT2D eigenvalue weighted by Crippen LogP contribution is -2.33. The molecular weight excluding hydrogens is 433 g/mol. The van der Waals surface area contributed by atoms with Crippen molar-refractivity contribution in [2.45, 2.75) is 32.4 Å². The van der Waals surface area contributed by atoms with Gasteiger partial charge in [-0.1, -0.05) is 6.07 Å². The van der Waals surface area contributed by atoms with Crippen LogP contribution in [0.3, 0.4) is 0 Å². The topological polar surface area (TPSA) is 86.2 Å². The summed E-state index contributed by atoms with van der Waals surface area (Å²) in [6, 6.07) is 7.12. The molecule has 1 saturated heterocycles. The first-order valence-corrected chi connectivity index (χ1v) is 10.1. The first-order chi connectivity index (χ1) is 14.8. The molecule has 0 spiro atoms. The Morgan fingerprint density at radius 3 is 2.68 bits per heavy atom. The molecule has 1 N–H and O–H groups in total. The number of nitrogens with zero attached hydrogens (tertiary/aromatic N) is 3. The van der Waals surface area contributed by atoms with Gasteiger partial charge in [0.1, 0.15) is 10.8 Å². The van der Waals surface area contributed by atoms with E-state index in [9.17, 15) is 18.0 Å². The Bertz CT molecular complexity index is 1080. The van der Waals surface area contributed by atoms with Gasteiger partial charge in [-0.15, -0.1) is 16.4 Å². The van der Waals surface area contributed by atoms with Crippen LogP contribution >= 0.6 is 11.3 Å². The van der Waals surface area contributed by atoms with Crippen LogP contribution in [0.2, 0.25) is 0 Å². The lowest BCUT2D eigenvalue weighted by Gasteiger charge is -2.28. The molecule has 11 heteroatoms. The van der Waals surface area contributed by atoms with Crippen molar-refractivity contribution in [2.24, 2.45) is 0 Å². The molecule has 7 nitrogen and oxygen atoms in total. The van der Waals surface area contributed by atoms with Gasteiger partial charge in [0.05, 0.1) is 30.0 Å². The maximum absolute atomic E-state index is 12.9. The number of halogens is 3. The maximum Gasteiger partial charge on any atom is 0.435 e. The first-order valence-electron chi connectivity index (χ1n) is 9.33. The minimum atomic E-state index is -4.57. The van der Waals surface area contributed by atoms with Crippen LogP contribution in [0.1, 0.15) is 33.0 Å². The van der Waals surface area contributed by atoms with Crippen LogP contribution in [-0.4, -0.2) is 34.0 Å². The molecule has 1 fully saturated rings. The van der Waals surface area contributed by atoms with Gasteiger partial charge in [-0.3, -0.25) is 4.79 Å². The number of carbonyl (C=O) groups excluding carboxylic acids is 1. The molecule has 1 aliphatic heterocycles. The highest BCUT2D eigenvalue weighted by molar-refractivity contribution is 7.15. The monoisotopic (exact) mass is 450 g/mol. The van der Waals surface area contributed by atoms with E-state index in [-0.39, 0.29) is 17.8 Å². The Balaban J connectivity index is 1.55. The zero-order valence-corrected chi connectivity index (χ0v) is 17.1. The van der Waals surface area contributed by atoms with E-state index in [2.05, 4.69) is 20.5 Å². The quantitative estimate of drug-likeness (QED) is 0.611. The fourth-order valence-corrected chi connectivity index (χ4v) is 3.59. The van der Waals surface area contributed by atoms with Crippen LogP contribution in [0.5, 0.6) is 5.75 Å². The van der Waals surface area contributed by atoms with Crippen LogP contribution in [0.4, 0.5) is 13.2 Å². The minimum absolute atomic E-state index is 0.0933. The summed E-state index contributed by atoms with van der Waals surface area (Å²) in [5.41, 5.74) is 0.0272. The molecule has 31 heavy (non-hydrogen) atoms. The second kappa shape index (κ2) is 8.60. The summed E-state index contributed by atoms with van der Waals surface area (Å²) in [7, 11) is 0. The van der Waals surface area contributed by atoms with Crippen LogP contribution < -0.4 is 10.1 Å². The Morgan fingerprint density at radius 2 is 2.10 bits per heavy atom. The number of thiazole rings is 1. The number of para-hydroxylation sites is 1. The zero-order chi connectivity index (χ0) is 22.0. The maximum atomic E-state index is 12.9. The fourth-order valence-electron chi connectivity index (χ4n) is 2.80. The molecule has 1 aromatic carbocycles. The SMILES string of the molecule is Cc1cnc(-c2cccc(C(=O)NCc3ccc(C(F)(F)F)nn3)c2OC2CCO2)s1. The Morgan fingerprint density at radius 1 is 1.29 bits per heavy atom. The second-order valence-electron chi connectivity index (χ2n) is 6.76. The zero-order valence-electron chi connectivity index (χ0n) is 16.3. The number of alkyl halides is 3. The summed E-state index contributed by atoms with van der Waals surface area (Å²) in [6.45, 7) is 2.42. The molecule has 4 rings (SSSR count). The summed E-state index contributed by atoms with van der Waals surface area (Å²) in [4.78, 5) is 18.3. The molecule has 2 aromatic heterocycles. The highest BCUT2D eigenvalue weighted by Crippen LogP contribution is 2.37. The summed E-state index contributed by atoms with van der Waals surface area (Å²) < 4.78 is 49.1. The Labute approximate surface area is 179 Å². The number of carbonyl (C=O) groups is 1.